The highest BCUT2D eigenvalue weighted by molar-refractivity contribution is 6.22. The first-order chi connectivity index (χ1) is 10.9. The summed E-state index contributed by atoms with van der Waals surface area (Å²) < 4.78 is 0.679. The van der Waals surface area contributed by atoms with E-state index in [1.54, 1.807) is 0 Å². The smallest absolute Gasteiger partial charge is 0.274 e. The summed E-state index contributed by atoms with van der Waals surface area (Å²) in [6.07, 6.45) is 5.64. The molecule has 1 saturated heterocycles. The third-order valence-corrected chi connectivity index (χ3v) is 4.97. The van der Waals surface area contributed by atoms with Gasteiger partial charge in [-0.1, -0.05) is 12.2 Å². The van der Waals surface area contributed by atoms with E-state index >= 15 is 0 Å². The quantitative estimate of drug-likeness (QED) is 0.555. The van der Waals surface area contributed by atoms with Crippen LogP contribution in [0.3, 0.4) is 0 Å². The van der Waals surface area contributed by atoms with E-state index in [-0.39, 0.29) is 17.5 Å². The Labute approximate surface area is 129 Å². The van der Waals surface area contributed by atoms with E-state index in [0.717, 1.165) is 24.4 Å². The summed E-state index contributed by atoms with van der Waals surface area (Å²) in [6, 6.07) is 0. The first kappa shape index (κ1) is 13.9. The van der Waals surface area contributed by atoms with Crippen molar-refractivity contribution in [3.8, 4) is 0 Å². The Morgan fingerprint density at radius 2 is 1.65 bits per heavy atom. The van der Waals surface area contributed by atoms with Gasteiger partial charge in [0.1, 0.15) is 5.69 Å². The molecule has 4 rings (SSSR count). The number of nitrogens with zero attached hydrogens (tertiary/aromatic N) is 2. The molecular weight excluding hydrogens is 302 g/mol. The number of rotatable bonds is 1. The van der Waals surface area contributed by atoms with Crippen LogP contribution in [0.2, 0.25) is 0 Å². The minimum absolute atomic E-state index is 0.0178. The number of carbonyl (C=O) groups excluding carboxylic acids is 3. The van der Waals surface area contributed by atoms with Crippen molar-refractivity contribution in [2.75, 3.05) is 4.90 Å². The van der Waals surface area contributed by atoms with E-state index in [0.29, 0.717) is 4.57 Å². The number of fused-ring (bicyclic) bond motifs is 5. The van der Waals surface area contributed by atoms with Gasteiger partial charge >= 0.3 is 5.69 Å². The number of carbonyl (C=O) groups is 3. The van der Waals surface area contributed by atoms with Gasteiger partial charge in [-0.05, 0) is 18.3 Å². The Hall–Kier alpha value is -2.77. The fraction of sp³-hybridized carbons (Fsp3) is 0.400. The predicted molar refractivity (Wildman–Crippen MR) is 77.8 cm³/mol. The molecule has 23 heavy (non-hydrogen) atoms. The molecule has 1 aromatic heterocycles. The maximum atomic E-state index is 12.7. The highest BCUT2D eigenvalue weighted by Crippen LogP contribution is 2.52. The molecule has 0 radical (unpaired) electrons. The largest absolute Gasteiger partial charge is 0.335 e. The number of allylic oxidation sites excluding steroid dienone is 2. The minimum Gasteiger partial charge on any atom is -0.274 e. The van der Waals surface area contributed by atoms with Crippen molar-refractivity contribution in [3.63, 3.8) is 0 Å². The molecule has 1 aliphatic heterocycles. The van der Waals surface area contributed by atoms with Crippen LogP contribution in [0, 0.1) is 23.7 Å². The molecule has 2 amide bonds. The number of anilines is 1. The Kier molecular flexibility index (Phi) is 2.64. The molecule has 118 valence electrons. The van der Waals surface area contributed by atoms with Gasteiger partial charge in [0.05, 0.1) is 11.8 Å². The molecule has 0 unspecified atom stereocenters. The molecule has 0 spiro atoms. The van der Waals surface area contributed by atoms with Crippen LogP contribution >= 0.6 is 0 Å². The van der Waals surface area contributed by atoms with Crippen molar-refractivity contribution in [1.82, 2.24) is 9.55 Å². The highest BCUT2D eigenvalue weighted by atomic mass is 16.2. The molecule has 1 N–H and O–H groups in total. The number of aromatic nitrogens is 2. The zero-order valence-electron chi connectivity index (χ0n) is 12.2. The molecule has 8 heteroatoms. The van der Waals surface area contributed by atoms with Crippen molar-refractivity contribution >= 4 is 23.4 Å². The Morgan fingerprint density at radius 3 is 2.17 bits per heavy atom. The third-order valence-electron chi connectivity index (χ3n) is 4.97. The Bertz CT molecular complexity index is 878. The lowest BCUT2D eigenvalue weighted by Crippen LogP contribution is -2.41. The van der Waals surface area contributed by atoms with Gasteiger partial charge in [0.15, 0.2) is 0 Å². The van der Waals surface area contributed by atoms with Crippen LogP contribution in [0.4, 0.5) is 5.69 Å². The molecule has 2 bridgehead atoms. The SMILES string of the molecule is CC(=O)n1cc(N2C(=O)[C@@H]3[C@H](C2=O)[C@H]2C=C[C@@H]3C2)c(=O)[nH]c1=O. The number of hydrogen-bond donors (Lipinski definition) is 1. The number of hydrogen-bond acceptors (Lipinski definition) is 5. The van der Waals surface area contributed by atoms with Crippen LogP contribution in [0.15, 0.2) is 27.9 Å². The lowest BCUT2D eigenvalue weighted by Gasteiger charge is -2.16. The van der Waals surface area contributed by atoms with Gasteiger partial charge in [-0.25, -0.2) is 14.3 Å². The average Bonchev–Trinajstić information content (AvgIpc) is 3.14. The fourth-order valence-corrected chi connectivity index (χ4v) is 3.99. The number of nitrogens with one attached hydrogen (secondary N) is 1. The second-order valence-electron chi connectivity index (χ2n) is 6.17. The Balaban J connectivity index is 1.84. The topological polar surface area (TPSA) is 109 Å². The van der Waals surface area contributed by atoms with Crippen molar-refractivity contribution in [2.24, 2.45) is 23.7 Å². The summed E-state index contributed by atoms with van der Waals surface area (Å²) in [6.45, 7) is 1.15. The minimum atomic E-state index is -0.896. The molecule has 4 atom stereocenters. The van der Waals surface area contributed by atoms with E-state index in [2.05, 4.69) is 0 Å². The van der Waals surface area contributed by atoms with Crippen LogP contribution in [-0.2, 0) is 9.59 Å². The summed E-state index contributed by atoms with van der Waals surface area (Å²) in [5, 5.41) is 0. The fourth-order valence-electron chi connectivity index (χ4n) is 3.99. The van der Waals surface area contributed by atoms with Crippen molar-refractivity contribution in [1.29, 1.82) is 0 Å². The van der Waals surface area contributed by atoms with Crippen LogP contribution < -0.4 is 16.1 Å². The first-order valence-electron chi connectivity index (χ1n) is 7.33. The van der Waals surface area contributed by atoms with Gasteiger partial charge in [0.25, 0.3) is 5.56 Å². The van der Waals surface area contributed by atoms with Gasteiger partial charge in [-0.3, -0.25) is 24.2 Å². The van der Waals surface area contributed by atoms with E-state index in [1.165, 1.54) is 0 Å². The van der Waals surface area contributed by atoms with Gasteiger partial charge in [0.2, 0.25) is 17.7 Å². The maximum Gasteiger partial charge on any atom is 0.335 e. The van der Waals surface area contributed by atoms with Crippen LogP contribution in [0.5, 0.6) is 0 Å². The van der Waals surface area contributed by atoms with Gasteiger partial charge < -0.3 is 0 Å². The standard InChI is InChI=1S/C15H13N3O5/c1-6(19)17-5-9(12(20)16-15(17)23)18-13(21)10-7-2-3-8(4-7)11(10)14(18)22/h2-3,5,7-8,10-11H,4H2,1H3,(H,16,20,23)/t7-,8+,10+,11-. The van der Waals surface area contributed by atoms with Gasteiger partial charge in [-0.15, -0.1) is 0 Å². The molecular formula is C15H13N3O5. The number of H-pyrrole nitrogens is 1. The Morgan fingerprint density at radius 1 is 1.09 bits per heavy atom. The molecule has 2 heterocycles. The highest BCUT2D eigenvalue weighted by Gasteiger charge is 2.60. The van der Waals surface area contributed by atoms with E-state index in [9.17, 15) is 24.0 Å². The molecule has 1 saturated carbocycles. The van der Waals surface area contributed by atoms with E-state index < -0.39 is 40.8 Å². The molecule has 3 aliphatic rings. The van der Waals surface area contributed by atoms with Crippen molar-refractivity contribution in [3.05, 3.63) is 39.2 Å². The molecule has 0 aromatic carbocycles. The summed E-state index contributed by atoms with van der Waals surface area (Å²) in [4.78, 5) is 63.2. The number of amides is 2. The average molecular weight is 315 g/mol. The number of imide groups is 1. The zero-order valence-corrected chi connectivity index (χ0v) is 12.2. The second kappa shape index (κ2) is 4.37. The summed E-state index contributed by atoms with van der Waals surface area (Å²) in [7, 11) is 0. The molecule has 8 nitrogen and oxygen atoms in total. The number of aromatic amines is 1. The zero-order chi connectivity index (χ0) is 16.5. The summed E-state index contributed by atoms with van der Waals surface area (Å²) in [5.74, 6) is -2.35. The molecule has 2 fully saturated rings. The van der Waals surface area contributed by atoms with Crippen molar-refractivity contribution in [2.45, 2.75) is 13.3 Å². The molecule has 2 aliphatic carbocycles. The maximum absolute atomic E-state index is 12.7. The lowest BCUT2D eigenvalue weighted by molar-refractivity contribution is -0.123. The monoisotopic (exact) mass is 315 g/mol. The second-order valence-corrected chi connectivity index (χ2v) is 6.17. The predicted octanol–water partition coefficient (Wildman–Crippen LogP) is -0.492. The summed E-state index contributed by atoms with van der Waals surface area (Å²) >= 11 is 0. The van der Waals surface area contributed by atoms with Crippen molar-refractivity contribution < 1.29 is 14.4 Å². The first-order valence-corrected chi connectivity index (χ1v) is 7.33. The summed E-state index contributed by atoms with van der Waals surface area (Å²) in [5.41, 5.74) is -2.02. The normalized spacial score (nSPS) is 31.1. The van der Waals surface area contributed by atoms with E-state index in [4.69, 9.17) is 0 Å². The molecule has 1 aromatic rings. The van der Waals surface area contributed by atoms with Crippen LogP contribution in [-0.4, -0.2) is 27.3 Å². The van der Waals surface area contributed by atoms with Crippen LogP contribution in [0.1, 0.15) is 18.1 Å². The lowest BCUT2D eigenvalue weighted by atomic mass is 9.85. The van der Waals surface area contributed by atoms with Gasteiger partial charge in [-0.2, -0.15) is 0 Å². The third kappa shape index (κ3) is 1.68. The van der Waals surface area contributed by atoms with Crippen LogP contribution in [0.25, 0.3) is 0 Å². The van der Waals surface area contributed by atoms with Gasteiger partial charge in [0, 0.05) is 13.1 Å². The van der Waals surface area contributed by atoms with E-state index in [1.807, 2.05) is 17.1 Å².